The summed E-state index contributed by atoms with van der Waals surface area (Å²) in [5.41, 5.74) is 1.47. The summed E-state index contributed by atoms with van der Waals surface area (Å²) >= 11 is 5.88. The zero-order valence-corrected chi connectivity index (χ0v) is 13.6. The van der Waals surface area contributed by atoms with Crippen molar-refractivity contribution in [3.8, 4) is 0 Å². The summed E-state index contributed by atoms with van der Waals surface area (Å²) in [6, 6.07) is 1.80. The largest absolute Gasteiger partial charge is 0.362 e. The van der Waals surface area contributed by atoms with Crippen LogP contribution in [0.5, 0.6) is 0 Å². The molecule has 4 fully saturated rings. The van der Waals surface area contributed by atoms with Gasteiger partial charge in [-0.25, -0.2) is 9.97 Å². The lowest BCUT2D eigenvalue weighted by Gasteiger charge is -2.56. The van der Waals surface area contributed by atoms with E-state index in [0.717, 1.165) is 23.6 Å². The fourth-order valence-electron chi connectivity index (χ4n) is 5.67. The monoisotopic (exact) mass is 330 g/mol. The summed E-state index contributed by atoms with van der Waals surface area (Å²) in [7, 11) is 0. The van der Waals surface area contributed by atoms with Gasteiger partial charge in [0.1, 0.15) is 12.1 Å². The fraction of sp³-hybridized carbons (Fsp3) is 0.588. The summed E-state index contributed by atoms with van der Waals surface area (Å²) in [5, 5.41) is 7.72. The van der Waals surface area contributed by atoms with Crippen LogP contribution in [0.15, 0.2) is 23.0 Å². The Hall–Kier alpha value is -1.62. The SMILES string of the molecule is Clc1nccc(Nc2nocc2C23CC4CC(CC(C4)C2)C3)n1. The maximum atomic E-state index is 5.88. The lowest BCUT2D eigenvalue weighted by Crippen LogP contribution is -2.48. The van der Waals surface area contributed by atoms with Crippen molar-refractivity contribution in [3.63, 3.8) is 0 Å². The lowest BCUT2D eigenvalue weighted by atomic mass is 9.48. The number of nitrogens with one attached hydrogen (secondary N) is 1. The zero-order valence-electron chi connectivity index (χ0n) is 12.8. The Morgan fingerprint density at radius 2 is 1.83 bits per heavy atom. The first-order chi connectivity index (χ1) is 11.2. The van der Waals surface area contributed by atoms with Gasteiger partial charge in [-0.1, -0.05) is 5.16 Å². The number of nitrogens with zero attached hydrogens (tertiary/aromatic N) is 3. The molecule has 5 nitrogen and oxygen atoms in total. The Kier molecular flexibility index (Phi) is 2.96. The van der Waals surface area contributed by atoms with Crippen molar-refractivity contribution in [2.24, 2.45) is 17.8 Å². The van der Waals surface area contributed by atoms with Crippen molar-refractivity contribution in [2.45, 2.75) is 43.9 Å². The van der Waals surface area contributed by atoms with Crippen LogP contribution in [-0.2, 0) is 5.41 Å². The van der Waals surface area contributed by atoms with Gasteiger partial charge in [-0.05, 0) is 73.9 Å². The van der Waals surface area contributed by atoms with Gasteiger partial charge in [0.15, 0.2) is 5.82 Å². The molecule has 4 saturated carbocycles. The first-order valence-electron chi connectivity index (χ1n) is 8.41. The number of anilines is 2. The molecule has 0 saturated heterocycles. The minimum atomic E-state index is 0.231. The third kappa shape index (κ3) is 2.24. The summed E-state index contributed by atoms with van der Waals surface area (Å²) < 4.78 is 5.35. The molecule has 23 heavy (non-hydrogen) atoms. The van der Waals surface area contributed by atoms with Crippen LogP contribution in [-0.4, -0.2) is 15.1 Å². The van der Waals surface area contributed by atoms with E-state index in [1.807, 2.05) is 6.26 Å². The lowest BCUT2D eigenvalue weighted by molar-refractivity contribution is -0.00512. The highest BCUT2D eigenvalue weighted by atomic mass is 35.5. The molecule has 0 aromatic carbocycles. The number of halogens is 1. The molecular weight excluding hydrogens is 312 g/mol. The van der Waals surface area contributed by atoms with Crippen LogP contribution in [0, 0.1) is 17.8 Å². The molecule has 6 heteroatoms. The Bertz CT molecular complexity index is 708. The first-order valence-corrected chi connectivity index (χ1v) is 8.78. The maximum absolute atomic E-state index is 5.88. The van der Waals surface area contributed by atoms with Crippen LogP contribution in [0.3, 0.4) is 0 Å². The molecule has 2 aromatic rings. The quantitative estimate of drug-likeness (QED) is 0.848. The van der Waals surface area contributed by atoms with E-state index in [-0.39, 0.29) is 10.7 Å². The Morgan fingerprint density at radius 1 is 1.13 bits per heavy atom. The summed E-state index contributed by atoms with van der Waals surface area (Å²) in [6.07, 6.45) is 11.6. The van der Waals surface area contributed by atoms with Crippen LogP contribution < -0.4 is 5.32 Å². The number of hydrogen-bond acceptors (Lipinski definition) is 5. The van der Waals surface area contributed by atoms with E-state index in [1.165, 1.54) is 44.1 Å². The van der Waals surface area contributed by atoms with Gasteiger partial charge < -0.3 is 9.84 Å². The third-order valence-electron chi connectivity index (χ3n) is 6.05. The predicted molar refractivity (Wildman–Crippen MR) is 86.7 cm³/mol. The number of hydrogen-bond donors (Lipinski definition) is 1. The Labute approximate surface area is 139 Å². The molecule has 120 valence electrons. The fourth-order valence-corrected chi connectivity index (χ4v) is 5.82. The van der Waals surface area contributed by atoms with E-state index in [0.29, 0.717) is 5.82 Å². The van der Waals surface area contributed by atoms with E-state index in [4.69, 9.17) is 16.1 Å². The molecule has 4 aliphatic carbocycles. The van der Waals surface area contributed by atoms with Gasteiger partial charge in [0.25, 0.3) is 0 Å². The standard InChI is InChI=1S/C17H19ClN4O/c18-16-19-2-1-14(21-16)20-15-13(9-23-22-15)17-6-10-3-11(7-17)5-12(4-10)8-17/h1-2,9-12H,3-8H2,(H,19,20,21,22). The average molecular weight is 331 g/mol. The van der Waals surface area contributed by atoms with Gasteiger partial charge in [0.2, 0.25) is 5.28 Å². The van der Waals surface area contributed by atoms with Crippen molar-refractivity contribution >= 4 is 23.2 Å². The van der Waals surface area contributed by atoms with Gasteiger partial charge in [-0.2, -0.15) is 0 Å². The highest BCUT2D eigenvalue weighted by Crippen LogP contribution is 2.61. The van der Waals surface area contributed by atoms with E-state index in [2.05, 4.69) is 20.4 Å². The van der Waals surface area contributed by atoms with Crippen molar-refractivity contribution in [1.29, 1.82) is 0 Å². The average Bonchev–Trinajstić information content (AvgIpc) is 2.95. The van der Waals surface area contributed by atoms with Gasteiger partial charge >= 0.3 is 0 Å². The predicted octanol–water partition coefficient (Wildman–Crippen LogP) is 4.33. The topological polar surface area (TPSA) is 63.8 Å². The molecule has 0 spiro atoms. The van der Waals surface area contributed by atoms with Crippen LogP contribution in [0.25, 0.3) is 0 Å². The maximum Gasteiger partial charge on any atom is 0.224 e. The first kappa shape index (κ1) is 13.8. The minimum Gasteiger partial charge on any atom is -0.362 e. The molecule has 1 N–H and O–H groups in total. The molecule has 4 aliphatic rings. The van der Waals surface area contributed by atoms with Gasteiger partial charge in [-0.15, -0.1) is 0 Å². The van der Waals surface area contributed by atoms with Gasteiger partial charge in [-0.3, -0.25) is 0 Å². The van der Waals surface area contributed by atoms with E-state index in [1.54, 1.807) is 12.3 Å². The Balaban J connectivity index is 1.49. The van der Waals surface area contributed by atoms with Crippen LogP contribution >= 0.6 is 11.6 Å². The normalized spacial score (nSPS) is 34.7. The molecule has 4 bridgehead atoms. The third-order valence-corrected chi connectivity index (χ3v) is 6.23. The molecule has 2 heterocycles. The molecule has 0 unspecified atom stereocenters. The second kappa shape index (κ2) is 4.94. The van der Waals surface area contributed by atoms with E-state index in [9.17, 15) is 0 Å². The summed E-state index contributed by atoms with van der Waals surface area (Å²) in [4.78, 5) is 8.11. The van der Waals surface area contributed by atoms with E-state index >= 15 is 0 Å². The van der Waals surface area contributed by atoms with Crippen molar-refractivity contribution < 1.29 is 4.52 Å². The molecule has 6 rings (SSSR count). The minimum absolute atomic E-state index is 0.231. The van der Waals surface area contributed by atoms with Gasteiger partial charge in [0.05, 0.1) is 0 Å². The molecule has 0 aliphatic heterocycles. The number of rotatable bonds is 3. The molecule has 0 radical (unpaired) electrons. The van der Waals surface area contributed by atoms with Crippen LogP contribution in [0.1, 0.15) is 44.1 Å². The summed E-state index contributed by atoms with van der Waals surface area (Å²) in [5.74, 6) is 4.11. The summed E-state index contributed by atoms with van der Waals surface area (Å²) in [6.45, 7) is 0. The van der Waals surface area contributed by atoms with Crippen molar-refractivity contribution in [2.75, 3.05) is 5.32 Å². The second-order valence-corrected chi connectivity index (χ2v) is 7.95. The highest BCUT2D eigenvalue weighted by Gasteiger charge is 2.53. The second-order valence-electron chi connectivity index (χ2n) is 7.61. The van der Waals surface area contributed by atoms with Gasteiger partial charge in [0, 0.05) is 17.2 Å². The highest BCUT2D eigenvalue weighted by molar-refractivity contribution is 6.28. The molecular formula is C17H19ClN4O. The Morgan fingerprint density at radius 3 is 2.48 bits per heavy atom. The zero-order chi connectivity index (χ0) is 15.4. The smallest absolute Gasteiger partial charge is 0.224 e. The van der Waals surface area contributed by atoms with Crippen molar-refractivity contribution in [1.82, 2.24) is 15.1 Å². The van der Waals surface area contributed by atoms with Crippen LogP contribution in [0.2, 0.25) is 5.28 Å². The van der Waals surface area contributed by atoms with Crippen LogP contribution in [0.4, 0.5) is 11.6 Å². The molecule has 0 atom stereocenters. The molecule has 2 aromatic heterocycles. The number of aromatic nitrogens is 3. The van der Waals surface area contributed by atoms with Crippen molar-refractivity contribution in [3.05, 3.63) is 29.4 Å². The van der Waals surface area contributed by atoms with E-state index < -0.39 is 0 Å². The molecule has 0 amide bonds.